The Morgan fingerprint density at radius 3 is 2.66 bits per heavy atom. The summed E-state index contributed by atoms with van der Waals surface area (Å²) >= 11 is 8.68. The van der Waals surface area contributed by atoms with Crippen molar-refractivity contribution in [2.45, 2.75) is 58.2 Å². The Hall–Kier alpha value is -2.87. The standard InChI is InChI=1S/C27H31ClN6O2S2/c1-15(30-24(36)16-6-9-18(28)10-7-16)23-32-33-26(34(23)5)37-14-22(35)31-25-20(13-29)19-11-8-17(27(2,3)4)12-21(19)38-25/h6-7,9-10,15,17H,8,11-12,14H2,1-5H3,(H,30,36)(H,31,35)/t15-,17+/m1/s1. The van der Waals surface area contributed by atoms with Crippen LogP contribution < -0.4 is 10.6 Å². The zero-order valence-corrected chi connectivity index (χ0v) is 24.5. The molecule has 1 aliphatic carbocycles. The third-order valence-corrected chi connectivity index (χ3v) is 9.34. The summed E-state index contributed by atoms with van der Waals surface area (Å²) in [4.78, 5) is 26.6. The van der Waals surface area contributed by atoms with Crippen molar-refractivity contribution in [2.75, 3.05) is 11.1 Å². The largest absolute Gasteiger partial charge is 0.342 e. The zero-order chi connectivity index (χ0) is 27.6. The molecule has 0 aliphatic heterocycles. The number of nitrogens with zero attached hydrogens (tertiary/aromatic N) is 4. The number of hydrogen-bond acceptors (Lipinski definition) is 7. The smallest absolute Gasteiger partial charge is 0.251 e. The van der Waals surface area contributed by atoms with E-state index >= 15 is 0 Å². The molecule has 2 atom stereocenters. The Balaban J connectivity index is 1.36. The molecular weight excluding hydrogens is 540 g/mol. The first kappa shape index (κ1) is 28.1. The van der Waals surface area contributed by atoms with Crippen LogP contribution in [-0.4, -0.2) is 32.3 Å². The summed E-state index contributed by atoms with van der Waals surface area (Å²) in [5.41, 5.74) is 2.39. The highest BCUT2D eigenvalue weighted by molar-refractivity contribution is 7.99. The number of nitrogens with one attached hydrogen (secondary N) is 2. The molecule has 200 valence electrons. The molecule has 2 N–H and O–H groups in total. The molecule has 2 heterocycles. The second kappa shape index (κ2) is 11.5. The van der Waals surface area contributed by atoms with Gasteiger partial charge in [-0.2, -0.15) is 5.26 Å². The Labute approximate surface area is 236 Å². The summed E-state index contributed by atoms with van der Waals surface area (Å²) in [5, 5.41) is 25.8. The van der Waals surface area contributed by atoms with E-state index in [1.165, 1.54) is 28.0 Å². The number of amides is 2. The van der Waals surface area contributed by atoms with Crippen molar-refractivity contribution in [1.82, 2.24) is 20.1 Å². The van der Waals surface area contributed by atoms with Crippen molar-refractivity contribution in [3.8, 4) is 6.07 Å². The summed E-state index contributed by atoms with van der Waals surface area (Å²) in [6.45, 7) is 8.60. The molecule has 4 rings (SSSR count). The van der Waals surface area contributed by atoms with Gasteiger partial charge in [-0.15, -0.1) is 21.5 Å². The van der Waals surface area contributed by atoms with Gasteiger partial charge in [0.25, 0.3) is 5.91 Å². The molecular formula is C27H31ClN6O2S2. The van der Waals surface area contributed by atoms with Gasteiger partial charge in [0.2, 0.25) is 5.91 Å². The van der Waals surface area contributed by atoms with Gasteiger partial charge in [0.1, 0.15) is 11.1 Å². The van der Waals surface area contributed by atoms with Crippen LogP contribution in [0.4, 0.5) is 5.00 Å². The van der Waals surface area contributed by atoms with Crippen molar-refractivity contribution >= 4 is 51.5 Å². The third-order valence-electron chi connectivity index (χ3n) is 6.90. The maximum Gasteiger partial charge on any atom is 0.251 e. The predicted molar refractivity (Wildman–Crippen MR) is 152 cm³/mol. The minimum atomic E-state index is -0.397. The van der Waals surface area contributed by atoms with Crippen molar-refractivity contribution < 1.29 is 9.59 Å². The van der Waals surface area contributed by atoms with E-state index in [1.807, 2.05) is 6.92 Å². The number of fused-ring (bicyclic) bond motifs is 1. The number of hydrogen-bond donors (Lipinski definition) is 2. The second-order valence-electron chi connectivity index (χ2n) is 10.6. The number of rotatable bonds is 7. The predicted octanol–water partition coefficient (Wildman–Crippen LogP) is 5.77. The molecule has 3 aromatic rings. The van der Waals surface area contributed by atoms with E-state index in [0.717, 1.165) is 24.8 Å². The molecule has 11 heteroatoms. The van der Waals surface area contributed by atoms with Crippen molar-refractivity contribution in [2.24, 2.45) is 18.4 Å². The molecule has 0 bridgehead atoms. The minimum absolute atomic E-state index is 0.121. The van der Waals surface area contributed by atoms with Gasteiger partial charge in [0.05, 0.1) is 17.4 Å². The molecule has 0 spiro atoms. The summed E-state index contributed by atoms with van der Waals surface area (Å²) in [6.07, 6.45) is 2.87. The lowest BCUT2D eigenvalue weighted by Crippen LogP contribution is -2.28. The first-order valence-corrected chi connectivity index (χ1v) is 14.6. The van der Waals surface area contributed by atoms with Gasteiger partial charge in [0, 0.05) is 22.5 Å². The topological polar surface area (TPSA) is 113 Å². The first-order valence-electron chi connectivity index (χ1n) is 12.4. The molecule has 0 saturated heterocycles. The number of aromatic nitrogens is 3. The van der Waals surface area contributed by atoms with Gasteiger partial charge in [0.15, 0.2) is 11.0 Å². The summed E-state index contributed by atoms with van der Waals surface area (Å²) in [7, 11) is 1.80. The Kier molecular flexibility index (Phi) is 8.50. The Morgan fingerprint density at radius 2 is 2.00 bits per heavy atom. The molecule has 0 saturated carbocycles. The van der Waals surface area contributed by atoms with Crippen molar-refractivity contribution in [1.29, 1.82) is 5.26 Å². The highest BCUT2D eigenvalue weighted by Crippen LogP contribution is 2.44. The molecule has 2 amide bonds. The third kappa shape index (κ3) is 6.22. The molecule has 1 aromatic carbocycles. The molecule has 0 fully saturated rings. The fourth-order valence-electron chi connectivity index (χ4n) is 4.60. The van der Waals surface area contributed by atoms with E-state index in [1.54, 1.807) is 35.9 Å². The van der Waals surface area contributed by atoms with Crippen molar-refractivity contribution in [3.63, 3.8) is 0 Å². The average Bonchev–Trinajstić information content (AvgIpc) is 3.41. The second-order valence-corrected chi connectivity index (χ2v) is 13.0. The normalized spacial score (nSPS) is 15.9. The van der Waals surface area contributed by atoms with Crippen LogP contribution in [0.2, 0.25) is 5.02 Å². The lowest BCUT2D eigenvalue weighted by Gasteiger charge is -2.33. The number of anilines is 1. The van der Waals surface area contributed by atoms with Gasteiger partial charge in [-0.25, -0.2) is 0 Å². The number of carbonyl (C=O) groups is 2. The summed E-state index contributed by atoms with van der Waals surface area (Å²) < 4.78 is 1.77. The number of thiophene rings is 1. The van der Waals surface area contributed by atoms with Crippen LogP contribution in [0.25, 0.3) is 0 Å². The van der Waals surface area contributed by atoms with Crippen LogP contribution in [0.5, 0.6) is 0 Å². The highest BCUT2D eigenvalue weighted by atomic mass is 35.5. The van der Waals surface area contributed by atoms with Crippen LogP contribution in [0.3, 0.4) is 0 Å². The van der Waals surface area contributed by atoms with E-state index in [4.69, 9.17) is 11.6 Å². The highest BCUT2D eigenvalue weighted by Gasteiger charge is 2.32. The zero-order valence-electron chi connectivity index (χ0n) is 22.1. The lowest BCUT2D eigenvalue weighted by molar-refractivity contribution is -0.113. The van der Waals surface area contributed by atoms with Crippen LogP contribution in [0.1, 0.15) is 72.3 Å². The van der Waals surface area contributed by atoms with E-state index in [-0.39, 0.29) is 23.0 Å². The van der Waals surface area contributed by atoms with Crippen LogP contribution in [-0.2, 0) is 24.7 Å². The van der Waals surface area contributed by atoms with Crippen LogP contribution >= 0.6 is 34.7 Å². The molecule has 0 radical (unpaired) electrons. The van der Waals surface area contributed by atoms with Crippen molar-refractivity contribution in [3.05, 3.63) is 56.7 Å². The van der Waals surface area contributed by atoms with E-state index in [9.17, 15) is 14.9 Å². The summed E-state index contributed by atoms with van der Waals surface area (Å²) in [5.74, 6) is 0.803. The first-order chi connectivity index (χ1) is 18.0. The number of halogens is 1. The van der Waals surface area contributed by atoms with Gasteiger partial charge < -0.3 is 15.2 Å². The minimum Gasteiger partial charge on any atom is -0.342 e. The number of thioether (sulfide) groups is 1. The molecule has 38 heavy (non-hydrogen) atoms. The van der Waals surface area contributed by atoms with E-state index in [2.05, 4.69) is 47.7 Å². The molecule has 0 unspecified atom stereocenters. The van der Waals surface area contributed by atoms with Gasteiger partial charge in [-0.1, -0.05) is 44.1 Å². The van der Waals surface area contributed by atoms with Crippen LogP contribution in [0, 0.1) is 22.7 Å². The summed E-state index contributed by atoms with van der Waals surface area (Å²) in [6, 6.07) is 8.56. The Bertz CT molecular complexity index is 1380. The SMILES string of the molecule is C[C@@H](NC(=O)c1ccc(Cl)cc1)c1nnc(SCC(=O)Nc2sc3c(c2C#N)CC[C@H](C(C)(C)C)C3)n1C. The molecule has 8 nitrogen and oxygen atoms in total. The quantitative estimate of drug-likeness (QED) is 0.348. The molecule has 2 aromatic heterocycles. The van der Waals surface area contributed by atoms with Crippen LogP contribution in [0.15, 0.2) is 29.4 Å². The average molecular weight is 571 g/mol. The maximum absolute atomic E-state index is 12.8. The van der Waals surface area contributed by atoms with Gasteiger partial charge in [-0.05, 0) is 67.3 Å². The Morgan fingerprint density at radius 1 is 1.29 bits per heavy atom. The van der Waals surface area contributed by atoms with E-state index < -0.39 is 6.04 Å². The lowest BCUT2D eigenvalue weighted by atomic mass is 9.72. The monoisotopic (exact) mass is 570 g/mol. The van der Waals surface area contributed by atoms with Gasteiger partial charge in [-0.3, -0.25) is 9.59 Å². The van der Waals surface area contributed by atoms with E-state index in [0.29, 0.717) is 38.0 Å². The number of benzene rings is 1. The number of carbonyl (C=O) groups excluding carboxylic acids is 2. The number of nitriles is 1. The maximum atomic E-state index is 12.8. The fraction of sp³-hybridized carbons (Fsp3) is 0.444. The molecule has 1 aliphatic rings. The van der Waals surface area contributed by atoms with Gasteiger partial charge >= 0.3 is 0 Å². The fourth-order valence-corrected chi connectivity index (χ4v) is 6.74.